The van der Waals surface area contributed by atoms with Crippen molar-refractivity contribution < 1.29 is 19.7 Å². The summed E-state index contributed by atoms with van der Waals surface area (Å²) in [5.41, 5.74) is 1.64. The van der Waals surface area contributed by atoms with Gasteiger partial charge in [0.05, 0.1) is 18.8 Å². The van der Waals surface area contributed by atoms with Crippen molar-refractivity contribution in [1.82, 2.24) is 4.90 Å². The largest absolute Gasteiger partial charge is 0.396 e. The molecule has 4 rings (SSSR count). The zero-order valence-electron chi connectivity index (χ0n) is 22.8. The van der Waals surface area contributed by atoms with E-state index in [1.165, 1.54) is 0 Å². The summed E-state index contributed by atoms with van der Waals surface area (Å²) in [6, 6.07) is 13.2. The molecule has 0 amide bonds. The number of hydrogen-bond acceptors (Lipinski definition) is 5. The Bertz CT molecular complexity index is 1340. The van der Waals surface area contributed by atoms with Crippen molar-refractivity contribution in [3.63, 3.8) is 0 Å². The van der Waals surface area contributed by atoms with Crippen molar-refractivity contribution in [3.8, 4) is 12.3 Å². The fourth-order valence-electron chi connectivity index (χ4n) is 4.90. The van der Waals surface area contributed by atoms with Gasteiger partial charge in [0, 0.05) is 45.7 Å². The van der Waals surface area contributed by atoms with E-state index >= 15 is 0 Å². The molecule has 2 aromatic carbocycles. The van der Waals surface area contributed by atoms with Crippen LogP contribution in [0.1, 0.15) is 65.7 Å². The normalized spacial score (nSPS) is 18.0. The lowest BCUT2D eigenvalue weighted by atomic mass is 9.85. The van der Waals surface area contributed by atoms with Crippen LogP contribution in [-0.4, -0.2) is 41.7 Å². The number of aliphatic hydroxyl groups is 2. The van der Waals surface area contributed by atoms with E-state index in [-0.39, 0.29) is 12.0 Å². The Morgan fingerprint density at radius 2 is 1.90 bits per heavy atom. The van der Waals surface area contributed by atoms with Crippen molar-refractivity contribution in [3.05, 3.63) is 105 Å². The molecule has 0 saturated heterocycles. The highest BCUT2D eigenvalue weighted by molar-refractivity contribution is 6.29. The molecule has 2 N–H and O–H groups in total. The van der Waals surface area contributed by atoms with E-state index in [0.29, 0.717) is 41.3 Å². The summed E-state index contributed by atoms with van der Waals surface area (Å²) in [6.07, 6.45) is 16.4. The van der Waals surface area contributed by atoms with Gasteiger partial charge in [0.15, 0.2) is 12.0 Å². The van der Waals surface area contributed by atoms with Crippen LogP contribution >= 0.6 is 11.6 Å². The van der Waals surface area contributed by atoms with E-state index in [1.807, 2.05) is 67.7 Å². The number of rotatable bonds is 11. The molecule has 0 aromatic heterocycles. The average Bonchev–Trinajstić information content (AvgIpc) is 3.74. The predicted molar refractivity (Wildman–Crippen MR) is 155 cm³/mol. The second kappa shape index (κ2) is 11.6. The Labute approximate surface area is 236 Å². The monoisotopic (exact) mass is 545 g/mol. The van der Waals surface area contributed by atoms with E-state index in [2.05, 4.69) is 10.8 Å². The topological polar surface area (TPSA) is 70.0 Å². The quantitative estimate of drug-likeness (QED) is 0.212. The van der Waals surface area contributed by atoms with Gasteiger partial charge in [0.1, 0.15) is 0 Å². The van der Waals surface area contributed by atoms with Gasteiger partial charge in [0.2, 0.25) is 0 Å². The highest BCUT2D eigenvalue weighted by Gasteiger charge is 2.48. The van der Waals surface area contributed by atoms with E-state index in [9.17, 15) is 15.0 Å². The van der Waals surface area contributed by atoms with E-state index in [1.54, 1.807) is 19.9 Å². The van der Waals surface area contributed by atoms with Gasteiger partial charge in [-0.2, -0.15) is 0 Å². The third-order valence-electron chi connectivity index (χ3n) is 7.65. The first-order valence-corrected chi connectivity index (χ1v) is 13.5. The number of terminal acetylenes is 1. The zero-order valence-corrected chi connectivity index (χ0v) is 23.5. The maximum atomic E-state index is 12.6. The summed E-state index contributed by atoms with van der Waals surface area (Å²) in [5, 5.41) is 21.5. The number of likely N-dealkylation sites (N-methyl/N-ethyl adjacent to an activating group) is 1. The lowest BCUT2D eigenvalue weighted by Gasteiger charge is -2.44. The number of benzene rings is 2. The fraction of sp³-hybridized carbons (Fsp3) is 0.364. The minimum Gasteiger partial charge on any atom is -0.396 e. The Kier molecular flexibility index (Phi) is 8.66. The molecule has 1 saturated carbocycles. The molecule has 0 spiro atoms. The maximum Gasteiger partial charge on any atom is 0.174 e. The van der Waals surface area contributed by atoms with Gasteiger partial charge >= 0.3 is 0 Å². The van der Waals surface area contributed by atoms with E-state index < -0.39 is 11.3 Å². The number of ether oxygens (including phenoxy) is 1. The molecule has 1 fully saturated rings. The number of halogens is 1. The molecule has 2 aliphatic carbocycles. The third-order valence-corrected chi connectivity index (χ3v) is 7.93. The molecular formula is C33H36ClNO4. The Morgan fingerprint density at radius 3 is 2.49 bits per heavy atom. The first-order chi connectivity index (χ1) is 18.6. The molecule has 0 unspecified atom stereocenters. The first-order valence-electron chi connectivity index (χ1n) is 13.1. The number of aldehydes is 1. The lowest BCUT2D eigenvalue weighted by Crippen LogP contribution is -2.49. The van der Waals surface area contributed by atoms with Gasteiger partial charge in [-0.25, -0.2) is 0 Å². The van der Waals surface area contributed by atoms with Crippen LogP contribution in [-0.2, 0) is 22.6 Å². The molecule has 0 heterocycles. The second-order valence-corrected chi connectivity index (χ2v) is 11.6. The van der Waals surface area contributed by atoms with Crippen LogP contribution in [0.25, 0.3) is 0 Å². The number of carbonyl (C=O) groups is 1. The third kappa shape index (κ3) is 6.27. The molecule has 2 aliphatic rings. The van der Waals surface area contributed by atoms with Gasteiger partial charge < -0.3 is 14.9 Å². The molecule has 0 radical (unpaired) electrons. The number of carbonyl (C=O) groups excluding carboxylic acids is 1. The molecule has 0 bridgehead atoms. The maximum absolute atomic E-state index is 12.6. The van der Waals surface area contributed by atoms with Crippen LogP contribution in [0.2, 0.25) is 0 Å². The summed E-state index contributed by atoms with van der Waals surface area (Å²) >= 11 is 6.41. The molecular weight excluding hydrogens is 510 g/mol. The summed E-state index contributed by atoms with van der Waals surface area (Å²) < 4.78 is 6.93. The van der Waals surface area contributed by atoms with Gasteiger partial charge in [0.25, 0.3) is 0 Å². The first kappa shape index (κ1) is 29.0. The Morgan fingerprint density at radius 1 is 1.18 bits per heavy atom. The highest BCUT2D eigenvalue weighted by Crippen LogP contribution is 2.49. The number of nitrogens with zero attached hydrogens (tertiary/aromatic N) is 1. The van der Waals surface area contributed by atoms with Crippen LogP contribution in [0.5, 0.6) is 0 Å². The molecule has 39 heavy (non-hydrogen) atoms. The zero-order chi connectivity index (χ0) is 28.3. The van der Waals surface area contributed by atoms with Gasteiger partial charge in [-0.3, -0.25) is 9.69 Å². The molecule has 204 valence electrons. The van der Waals surface area contributed by atoms with Crippen LogP contribution in [0.3, 0.4) is 0 Å². The van der Waals surface area contributed by atoms with E-state index in [0.717, 1.165) is 35.8 Å². The predicted octanol–water partition coefficient (Wildman–Crippen LogP) is 5.79. The highest BCUT2D eigenvalue weighted by atomic mass is 35.5. The SMILES string of the molecule is C#Cc1ccc(CN(C)[C@@](OCC2(CO)CC2)(C2=CC=C(Cl)CC=C2)c2ccc(C(C)(C)O)cc2C=O)cc1. The van der Waals surface area contributed by atoms with Crippen LogP contribution in [0, 0.1) is 17.8 Å². The minimum absolute atomic E-state index is 0.0269. The average molecular weight is 546 g/mol. The fourth-order valence-corrected chi connectivity index (χ4v) is 5.06. The second-order valence-electron chi connectivity index (χ2n) is 11.1. The van der Waals surface area contributed by atoms with Crippen LogP contribution in [0.4, 0.5) is 0 Å². The van der Waals surface area contributed by atoms with Gasteiger partial charge in [-0.1, -0.05) is 60.0 Å². The molecule has 0 aliphatic heterocycles. The summed E-state index contributed by atoms with van der Waals surface area (Å²) in [4.78, 5) is 14.7. The van der Waals surface area contributed by atoms with Crippen molar-refractivity contribution in [2.24, 2.45) is 5.41 Å². The van der Waals surface area contributed by atoms with E-state index in [4.69, 9.17) is 22.8 Å². The number of hydrogen-bond donors (Lipinski definition) is 2. The van der Waals surface area contributed by atoms with Crippen molar-refractivity contribution in [1.29, 1.82) is 0 Å². The minimum atomic E-state index is -1.21. The molecule has 2 aromatic rings. The number of allylic oxidation sites excluding steroid dienone is 4. The summed E-state index contributed by atoms with van der Waals surface area (Å²) in [7, 11) is 1.96. The number of aliphatic hydroxyl groups excluding tert-OH is 1. The van der Waals surface area contributed by atoms with Crippen molar-refractivity contribution in [2.75, 3.05) is 20.3 Å². The summed E-state index contributed by atoms with van der Waals surface area (Å²) in [6.45, 7) is 4.18. The standard InChI is InChI=1S/C33H36ClNO4/c1-5-24-9-11-25(12-10-24)20-35(4)33(39-23-32(22-37)17-18-32,27-7-6-8-29(34)15-13-27)30-16-14-28(31(2,3)38)19-26(30)21-36/h1,6-7,9-16,19,21,37-38H,8,17-18,20,22-23H2,2-4H3/t33-/m1/s1. The molecule has 1 atom stereocenters. The Hall–Kier alpha value is -2.98. The molecule has 6 heteroatoms. The van der Waals surface area contributed by atoms with Gasteiger partial charge in [-0.05, 0) is 69.1 Å². The lowest BCUT2D eigenvalue weighted by molar-refractivity contribution is -0.145. The Balaban J connectivity index is 1.93. The summed E-state index contributed by atoms with van der Waals surface area (Å²) in [5.74, 6) is 2.65. The van der Waals surface area contributed by atoms with Crippen LogP contribution < -0.4 is 0 Å². The van der Waals surface area contributed by atoms with Gasteiger partial charge in [-0.15, -0.1) is 6.42 Å². The van der Waals surface area contributed by atoms with Crippen molar-refractivity contribution >= 4 is 17.9 Å². The smallest absolute Gasteiger partial charge is 0.174 e. The van der Waals surface area contributed by atoms with Crippen LogP contribution in [0.15, 0.2) is 77.4 Å². The van der Waals surface area contributed by atoms with Crippen molar-refractivity contribution in [2.45, 2.75) is 51.0 Å². The molecule has 5 nitrogen and oxygen atoms in total.